The van der Waals surface area contributed by atoms with Crippen LogP contribution in [0.4, 0.5) is 0 Å². The molecule has 0 saturated carbocycles. The first-order valence-corrected chi connectivity index (χ1v) is 20.9. The second-order valence-electron chi connectivity index (χ2n) is 18.9. The molecule has 0 aliphatic carbocycles. The second-order valence-corrected chi connectivity index (χ2v) is 18.9. The van der Waals surface area contributed by atoms with Crippen molar-refractivity contribution in [3.63, 3.8) is 0 Å². The van der Waals surface area contributed by atoms with Crippen molar-refractivity contribution in [2.45, 2.75) is 139 Å². The fourth-order valence-electron chi connectivity index (χ4n) is 8.28. The molecule has 4 heterocycles. The molecule has 0 fully saturated rings. The van der Waals surface area contributed by atoms with Gasteiger partial charge in [0, 0.05) is 54.4 Å². The van der Waals surface area contributed by atoms with E-state index in [1.165, 1.54) is 33.0 Å². The van der Waals surface area contributed by atoms with Crippen molar-refractivity contribution in [2.75, 3.05) is 0 Å². The maximum atomic E-state index is 5.70. The third-order valence-corrected chi connectivity index (χ3v) is 13.4. The Balaban J connectivity index is 2.08. The largest absolute Gasteiger partial charge is 0.359 e. The van der Waals surface area contributed by atoms with Gasteiger partial charge in [-0.05, 0) is 132 Å². The van der Waals surface area contributed by atoms with Crippen LogP contribution in [0.3, 0.4) is 0 Å². The number of hydrogen-bond acceptors (Lipinski definition) is 2. The zero-order valence-electron chi connectivity index (χ0n) is 36.9. The summed E-state index contributed by atoms with van der Waals surface area (Å²) in [7, 11) is 0. The summed E-state index contributed by atoms with van der Waals surface area (Å²) in [6.45, 7) is 41.0. The quantitative estimate of drug-likeness (QED) is 0.174. The SMILES string of the molecule is C=Cc1c(C)[nH]c(=C)/c(=C\C)c2cc(C(C)(CC)CC)cc(n2)c2cc(C(C)(C)C)cc3c4cc(C(C)(C)C)cc(c5[nH]c1=CC(C(C)(CC)CC)=C5)c4nc23. The first-order chi connectivity index (χ1) is 26.2. The van der Waals surface area contributed by atoms with Crippen molar-refractivity contribution in [2.24, 2.45) is 5.41 Å². The average molecular weight is 747 g/mol. The molecule has 3 aromatic heterocycles. The van der Waals surface area contributed by atoms with Crippen LogP contribution in [0.1, 0.15) is 149 Å². The average Bonchev–Trinajstić information content (AvgIpc) is 3.54. The third kappa shape index (κ3) is 7.10. The maximum absolute atomic E-state index is 5.70. The number of aromatic nitrogens is 4. The van der Waals surface area contributed by atoms with Gasteiger partial charge >= 0.3 is 0 Å². The minimum atomic E-state index is -0.101. The van der Waals surface area contributed by atoms with Gasteiger partial charge in [0.15, 0.2) is 0 Å². The molecule has 0 spiro atoms. The van der Waals surface area contributed by atoms with E-state index in [2.05, 4.69) is 175 Å². The fourth-order valence-corrected chi connectivity index (χ4v) is 8.28. The van der Waals surface area contributed by atoms with Crippen LogP contribution in [0.5, 0.6) is 0 Å². The number of aromatic amines is 2. The van der Waals surface area contributed by atoms with Crippen LogP contribution in [0.15, 0.2) is 48.6 Å². The van der Waals surface area contributed by atoms with E-state index in [0.29, 0.717) is 0 Å². The van der Waals surface area contributed by atoms with E-state index in [1.807, 2.05) is 6.08 Å². The highest BCUT2D eigenvalue weighted by atomic mass is 14.8. The number of benzene rings is 2. The molecule has 0 atom stereocenters. The Morgan fingerprint density at radius 1 is 0.625 bits per heavy atom. The first kappa shape index (κ1) is 40.9. The number of nitrogens with zero attached hydrogens (tertiary/aromatic N) is 2. The van der Waals surface area contributed by atoms with Crippen molar-refractivity contribution < 1.29 is 0 Å². The van der Waals surface area contributed by atoms with E-state index in [1.54, 1.807) is 0 Å². The minimum Gasteiger partial charge on any atom is -0.359 e. The van der Waals surface area contributed by atoms with Gasteiger partial charge in [-0.25, -0.2) is 9.97 Å². The lowest BCUT2D eigenvalue weighted by Crippen LogP contribution is -2.28. The van der Waals surface area contributed by atoms with E-state index >= 15 is 0 Å². The number of aryl methyl sites for hydroxylation is 1. The molecule has 4 heteroatoms. The zero-order valence-corrected chi connectivity index (χ0v) is 36.9. The summed E-state index contributed by atoms with van der Waals surface area (Å²) in [6.07, 6.45) is 12.9. The molecule has 0 amide bonds. The molecule has 2 aromatic carbocycles. The van der Waals surface area contributed by atoms with Crippen LogP contribution in [0.2, 0.25) is 0 Å². The van der Waals surface area contributed by atoms with Gasteiger partial charge in [0.2, 0.25) is 0 Å². The minimum absolute atomic E-state index is 0.0218. The lowest BCUT2D eigenvalue weighted by Gasteiger charge is -2.30. The standard InChI is InChI=1S/C52H66N4/c1-17-37-31(7)53-32(8)38(18-2)44-28-36(52(16,21-5)22-6)30-46(55-44)42-26-34(50(12,13)14)24-40-39-23-33(49(9,10)11)25-41(47(39)56-48(40)42)45-29-35(27-43(37)54-45)51(15,19-3)20-4/h17-18,23-30,53-54H,1,8,19-22H2,2-7,9-16H3/b37-31?,38-18+,45-41?. The molecule has 6 rings (SSSR count). The molecule has 4 nitrogen and oxygen atoms in total. The monoisotopic (exact) mass is 747 g/mol. The van der Waals surface area contributed by atoms with Gasteiger partial charge in [-0.1, -0.05) is 108 Å². The van der Waals surface area contributed by atoms with Gasteiger partial charge in [-0.3, -0.25) is 0 Å². The topological polar surface area (TPSA) is 57.4 Å². The summed E-state index contributed by atoms with van der Waals surface area (Å²) in [5, 5.41) is 7.31. The van der Waals surface area contributed by atoms with Gasteiger partial charge in [0.25, 0.3) is 0 Å². The van der Waals surface area contributed by atoms with Crippen molar-refractivity contribution in [3.8, 4) is 0 Å². The van der Waals surface area contributed by atoms with E-state index in [4.69, 9.17) is 9.97 Å². The fraction of sp³-hybridized carbons (Fsp3) is 0.423. The number of H-pyrrole nitrogens is 2. The molecule has 0 unspecified atom stereocenters. The van der Waals surface area contributed by atoms with E-state index in [9.17, 15) is 0 Å². The number of allylic oxidation sites excluding steroid dienone is 1. The van der Waals surface area contributed by atoms with Crippen LogP contribution < -0.4 is 15.9 Å². The molecule has 6 bridgehead atoms. The molecular formula is C52H66N4. The molecule has 1 aliphatic heterocycles. The van der Waals surface area contributed by atoms with Crippen LogP contribution in [0.25, 0.3) is 74.5 Å². The van der Waals surface area contributed by atoms with Gasteiger partial charge in [0.1, 0.15) is 0 Å². The molecule has 5 aromatic rings. The molecule has 0 radical (unpaired) electrons. The van der Waals surface area contributed by atoms with E-state index in [0.717, 1.165) is 91.4 Å². The number of rotatable bonds is 7. The first-order valence-electron chi connectivity index (χ1n) is 20.9. The van der Waals surface area contributed by atoms with Gasteiger partial charge < -0.3 is 9.97 Å². The van der Waals surface area contributed by atoms with Crippen molar-refractivity contribution >= 4 is 74.5 Å². The number of pyridine rings is 1. The Bertz CT molecular complexity index is 2730. The third-order valence-electron chi connectivity index (χ3n) is 13.4. The highest BCUT2D eigenvalue weighted by Gasteiger charge is 2.28. The molecule has 1 aliphatic rings. The molecule has 2 N–H and O–H groups in total. The lowest BCUT2D eigenvalue weighted by atomic mass is 9.76. The van der Waals surface area contributed by atoms with Crippen molar-refractivity contribution in [1.82, 2.24) is 19.9 Å². The lowest BCUT2D eigenvalue weighted by molar-refractivity contribution is 0.382. The van der Waals surface area contributed by atoms with Crippen LogP contribution in [0, 0.1) is 12.3 Å². The van der Waals surface area contributed by atoms with Gasteiger partial charge in [0.05, 0.1) is 22.1 Å². The summed E-state index contributed by atoms with van der Waals surface area (Å²) in [6, 6.07) is 14.2. The van der Waals surface area contributed by atoms with Crippen LogP contribution in [-0.2, 0) is 16.2 Å². The van der Waals surface area contributed by atoms with Crippen molar-refractivity contribution in [3.05, 3.63) is 98.1 Å². The summed E-state index contributed by atoms with van der Waals surface area (Å²) in [5.74, 6) is 0. The van der Waals surface area contributed by atoms with Crippen molar-refractivity contribution in [1.29, 1.82) is 0 Å². The summed E-state index contributed by atoms with van der Waals surface area (Å²) < 4.78 is 0. The Hall–Kier alpha value is -4.70. The summed E-state index contributed by atoms with van der Waals surface area (Å²) >= 11 is 0. The maximum Gasteiger partial charge on any atom is 0.0810 e. The molecule has 294 valence electrons. The highest BCUT2D eigenvalue weighted by Crippen LogP contribution is 2.42. The smallest absolute Gasteiger partial charge is 0.0810 e. The Kier molecular flexibility index (Phi) is 10.7. The van der Waals surface area contributed by atoms with Crippen LogP contribution >= 0.6 is 0 Å². The molecular weight excluding hydrogens is 681 g/mol. The Morgan fingerprint density at radius 2 is 1.14 bits per heavy atom. The Labute approximate surface area is 335 Å². The normalized spacial score (nSPS) is 14.0. The zero-order chi connectivity index (χ0) is 41.1. The molecule has 0 saturated heterocycles. The van der Waals surface area contributed by atoms with E-state index < -0.39 is 0 Å². The highest BCUT2D eigenvalue weighted by molar-refractivity contribution is 6.20. The van der Waals surface area contributed by atoms with Gasteiger partial charge in [-0.2, -0.15) is 0 Å². The van der Waals surface area contributed by atoms with Gasteiger partial charge in [-0.15, -0.1) is 0 Å². The molecule has 56 heavy (non-hydrogen) atoms. The summed E-state index contributed by atoms with van der Waals surface area (Å²) in [4.78, 5) is 18.9. The van der Waals surface area contributed by atoms with E-state index in [-0.39, 0.29) is 21.7 Å². The predicted molar refractivity (Wildman–Crippen MR) is 247 cm³/mol. The Morgan fingerprint density at radius 3 is 1.66 bits per heavy atom. The number of fused-ring (bicyclic) bond motifs is 7. The number of hydrogen-bond donors (Lipinski definition) is 2. The summed E-state index contributed by atoms with van der Waals surface area (Å²) in [5.41, 5.74) is 11.7. The number of nitrogens with one attached hydrogen (secondary N) is 2. The second kappa shape index (κ2) is 14.7. The predicted octanol–water partition coefficient (Wildman–Crippen LogP) is 12.6. The van der Waals surface area contributed by atoms with Crippen LogP contribution in [-0.4, -0.2) is 19.9 Å².